The minimum atomic E-state index is -4.42. The molecule has 4 rings (SSSR count). The molecule has 40 heavy (non-hydrogen) atoms. The third-order valence-electron chi connectivity index (χ3n) is 6.27. The summed E-state index contributed by atoms with van der Waals surface area (Å²) in [4.78, 5) is 38.4. The lowest BCUT2D eigenvalue weighted by atomic mass is 10.0. The van der Waals surface area contributed by atoms with Gasteiger partial charge in [0.2, 0.25) is 0 Å². The molecule has 11 heteroatoms. The summed E-state index contributed by atoms with van der Waals surface area (Å²) in [6.45, 7) is 4.95. The van der Waals surface area contributed by atoms with Gasteiger partial charge in [-0.25, -0.2) is 0 Å². The number of hydrogen-bond acceptors (Lipinski definition) is 6. The minimum Gasteiger partial charge on any atom is -0.507 e. The molecule has 0 radical (unpaired) electrons. The van der Waals surface area contributed by atoms with Gasteiger partial charge in [0, 0.05) is 12.0 Å². The lowest BCUT2D eigenvalue weighted by molar-refractivity contribution is -0.153. The number of halogens is 3. The number of benzene rings is 2. The smallest absolute Gasteiger partial charge is 0.416 e. The van der Waals surface area contributed by atoms with E-state index in [9.17, 15) is 32.7 Å². The van der Waals surface area contributed by atoms with Crippen LogP contribution in [0, 0.1) is 0 Å². The Labute approximate surface area is 228 Å². The van der Waals surface area contributed by atoms with Crippen molar-refractivity contribution in [3.8, 4) is 16.9 Å². The molecule has 2 aromatic carbocycles. The van der Waals surface area contributed by atoms with Gasteiger partial charge in [0.05, 0.1) is 31.0 Å². The number of rotatable bonds is 6. The summed E-state index contributed by atoms with van der Waals surface area (Å²) < 4.78 is 50.7. The number of nitrogens with one attached hydrogen (secondary N) is 1. The summed E-state index contributed by atoms with van der Waals surface area (Å²) in [5, 5.41) is 13.2. The van der Waals surface area contributed by atoms with Crippen LogP contribution in [0.1, 0.15) is 53.5 Å². The number of amides is 1. The van der Waals surface area contributed by atoms with Crippen LogP contribution in [0.5, 0.6) is 5.75 Å². The van der Waals surface area contributed by atoms with Crippen LogP contribution >= 0.6 is 0 Å². The van der Waals surface area contributed by atoms with Crippen molar-refractivity contribution in [3.63, 3.8) is 0 Å². The van der Waals surface area contributed by atoms with E-state index in [4.69, 9.17) is 9.47 Å². The van der Waals surface area contributed by atoms with Crippen molar-refractivity contribution in [1.82, 2.24) is 9.88 Å². The van der Waals surface area contributed by atoms with Crippen molar-refractivity contribution < 1.29 is 37.3 Å². The third kappa shape index (κ3) is 6.53. The van der Waals surface area contributed by atoms with Gasteiger partial charge < -0.3 is 24.5 Å². The Morgan fingerprint density at radius 3 is 2.20 bits per heavy atom. The molecular weight excluding hydrogens is 529 g/mol. The quantitative estimate of drug-likeness (QED) is 0.434. The average molecular weight is 559 g/mol. The monoisotopic (exact) mass is 558 g/mol. The summed E-state index contributed by atoms with van der Waals surface area (Å²) in [6.07, 6.45) is -4.14. The number of alkyl halides is 3. The van der Waals surface area contributed by atoms with Crippen LogP contribution in [0.3, 0.4) is 0 Å². The fraction of sp³-hybridized carbons (Fsp3) is 0.345. The van der Waals surface area contributed by atoms with E-state index in [1.54, 1.807) is 45.0 Å². The van der Waals surface area contributed by atoms with Crippen LogP contribution in [0.15, 0.2) is 53.3 Å². The highest BCUT2D eigenvalue weighted by molar-refractivity contribution is 5.98. The second kappa shape index (κ2) is 11.2. The van der Waals surface area contributed by atoms with Gasteiger partial charge in [-0.3, -0.25) is 14.4 Å². The number of nitrogens with zero attached hydrogens (tertiary/aromatic N) is 1. The van der Waals surface area contributed by atoms with Crippen LogP contribution in [-0.4, -0.2) is 40.3 Å². The first-order valence-electron chi connectivity index (χ1n) is 12.6. The number of pyridine rings is 1. The van der Waals surface area contributed by atoms with Crippen LogP contribution in [-0.2, 0) is 40.0 Å². The van der Waals surface area contributed by atoms with E-state index in [0.29, 0.717) is 34.6 Å². The Bertz CT molecular complexity index is 1470. The van der Waals surface area contributed by atoms with Gasteiger partial charge in [0.1, 0.15) is 23.5 Å². The number of carbonyl (C=O) groups is 2. The molecule has 0 bridgehead atoms. The summed E-state index contributed by atoms with van der Waals surface area (Å²) in [5.41, 5.74) is 0.0673. The molecule has 8 nitrogen and oxygen atoms in total. The van der Waals surface area contributed by atoms with Crippen LogP contribution < -0.4 is 10.9 Å². The number of aromatic hydroxyl groups is 1. The van der Waals surface area contributed by atoms with E-state index in [1.807, 2.05) is 0 Å². The summed E-state index contributed by atoms with van der Waals surface area (Å²) in [7, 11) is 0. The third-order valence-corrected chi connectivity index (χ3v) is 6.27. The van der Waals surface area contributed by atoms with E-state index in [-0.39, 0.29) is 19.6 Å². The molecule has 0 saturated carbocycles. The zero-order valence-corrected chi connectivity index (χ0v) is 22.2. The Hall–Kier alpha value is -4.12. The van der Waals surface area contributed by atoms with Gasteiger partial charge in [0.25, 0.3) is 11.5 Å². The standard InChI is InChI=1S/C29H29F3N2O6/c1-28(2,3)40-23(35)14-33-26(37)24-25(36)21-12-13-39-16-22(21)34(27(24)38)15-17-4-6-18(7-5-17)19-8-10-20(11-9-19)29(30,31)32/h4-11,36H,12-16H2,1-3H3,(H,33,37). The van der Waals surface area contributed by atoms with Gasteiger partial charge in [-0.2, -0.15) is 13.2 Å². The molecule has 1 aromatic heterocycles. The Kier molecular flexibility index (Phi) is 8.06. The fourth-order valence-corrected chi connectivity index (χ4v) is 4.41. The summed E-state index contributed by atoms with van der Waals surface area (Å²) >= 11 is 0. The van der Waals surface area contributed by atoms with Crippen LogP contribution in [0.2, 0.25) is 0 Å². The lowest BCUT2D eigenvalue weighted by Gasteiger charge is -2.24. The van der Waals surface area contributed by atoms with Crippen LogP contribution in [0.4, 0.5) is 13.2 Å². The largest absolute Gasteiger partial charge is 0.507 e. The molecular formula is C29H29F3N2O6. The topological polar surface area (TPSA) is 107 Å². The second-order valence-corrected chi connectivity index (χ2v) is 10.4. The van der Waals surface area contributed by atoms with Gasteiger partial charge in [-0.05, 0) is 49.6 Å². The fourth-order valence-electron chi connectivity index (χ4n) is 4.41. The van der Waals surface area contributed by atoms with E-state index in [1.165, 1.54) is 16.7 Å². The number of ether oxygens (including phenoxy) is 2. The average Bonchev–Trinajstić information content (AvgIpc) is 2.89. The summed E-state index contributed by atoms with van der Waals surface area (Å²) in [5.74, 6) is -2.05. The lowest BCUT2D eigenvalue weighted by Crippen LogP contribution is -2.39. The molecule has 1 amide bonds. The van der Waals surface area contributed by atoms with Crippen molar-refractivity contribution in [2.45, 2.75) is 52.1 Å². The predicted octanol–water partition coefficient (Wildman–Crippen LogP) is 4.43. The maximum atomic E-state index is 13.5. The zero-order chi connectivity index (χ0) is 29.2. The summed E-state index contributed by atoms with van der Waals surface area (Å²) in [6, 6.07) is 11.7. The Balaban J connectivity index is 1.60. The predicted molar refractivity (Wildman–Crippen MR) is 140 cm³/mol. The number of aromatic nitrogens is 1. The maximum absolute atomic E-state index is 13.5. The Morgan fingerprint density at radius 1 is 1.02 bits per heavy atom. The molecule has 212 valence electrons. The van der Waals surface area contributed by atoms with Gasteiger partial charge in [-0.15, -0.1) is 0 Å². The maximum Gasteiger partial charge on any atom is 0.416 e. The first-order valence-corrected chi connectivity index (χ1v) is 12.6. The molecule has 1 aliphatic heterocycles. The van der Waals surface area contributed by atoms with Crippen LogP contribution in [0.25, 0.3) is 11.1 Å². The molecule has 0 fully saturated rings. The number of esters is 1. The van der Waals surface area contributed by atoms with E-state index >= 15 is 0 Å². The first-order chi connectivity index (χ1) is 18.7. The highest BCUT2D eigenvalue weighted by Gasteiger charge is 2.30. The second-order valence-electron chi connectivity index (χ2n) is 10.4. The normalized spacial score (nSPS) is 13.4. The van der Waals surface area contributed by atoms with Crippen molar-refractivity contribution in [2.24, 2.45) is 0 Å². The van der Waals surface area contributed by atoms with Crippen molar-refractivity contribution in [1.29, 1.82) is 0 Å². The molecule has 0 unspecified atom stereocenters. The molecule has 3 aromatic rings. The van der Waals surface area contributed by atoms with Gasteiger partial charge >= 0.3 is 12.1 Å². The van der Waals surface area contributed by atoms with Crippen molar-refractivity contribution in [3.05, 3.63) is 86.8 Å². The molecule has 0 atom stereocenters. The molecule has 0 saturated heterocycles. The van der Waals surface area contributed by atoms with E-state index in [0.717, 1.165) is 12.1 Å². The highest BCUT2D eigenvalue weighted by Crippen LogP contribution is 2.31. The molecule has 2 heterocycles. The van der Waals surface area contributed by atoms with Gasteiger partial charge in [0.15, 0.2) is 0 Å². The van der Waals surface area contributed by atoms with E-state index in [2.05, 4.69) is 5.32 Å². The molecule has 0 aliphatic carbocycles. The molecule has 0 spiro atoms. The number of hydrogen-bond donors (Lipinski definition) is 2. The van der Waals surface area contributed by atoms with Gasteiger partial charge in [-0.1, -0.05) is 36.4 Å². The zero-order valence-electron chi connectivity index (χ0n) is 22.2. The number of carbonyl (C=O) groups excluding carboxylic acids is 2. The van der Waals surface area contributed by atoms with Crippen molar-refractivity contribution in [2.75, 3.05) is 13.2 Å². The minimum absolute atomic E-state index is 0.0461. The first kappa shape index (κ1) is 28.9. The molecule has 2 N–H and O–H groups in total. The molecule has 1 aliphatic rings. The number of fused-ring (bicyclic) bond motifs is 1. The van der Waals surface area contributed by atoms with E-state index < -0.39 is 52.6 Å². The Morgan fingerprint density at radius 2 is 1.62 bits per heavy atom. The highest BCUT2D eigenvalue weighted by atomic mass is 19.4. The van der Waals surface area contributed by atoms with Crippen molar-refractivity contribution >= 4 is 11.9 Å². The SMILES string of the molecule is CC(C)(C)OC(=O)CNC(=O)c1c(O)c2c(n(Cc3ccc(-c4ccc(C(F)(F)F)cc4)cc3)c1=O)COCC2.